The van der Waals surface area contributed by atoms with Gasteiger partial charge in [-0.1, -0.05) is 13.3 Å². The second-order valence-corrected chi connectivity index (χ2v) is 4.98. The number of ether oxygens (including phenoxy) is 2. The molecule has 2 aliphatic heterocycles. The number of carbonyl (C=O) groups is 1. The lowest BCUT2D eigenvalue weighted by Crippen LogP contribution is -2.36. The Bertz CT molecular complexity index is 328. The Morgan fingerprint density at radius 2 is 2.35 bits per heavy atom. The summed E-state index contributed by atoms with van der Waals surface area (Å²) < 4.78 is 11.2. The maximum atomic E-state index is 11.6. The largest absolute Gasteiger partial charge is 0.379 e. The van der Waals surface area contributed by atoms with Gasteiger partial charge < -0.3 is 19.1 Å². The van der Waals surface area contributed by atoms with Crippen LogP contribution in [0.1, 0.15) is 45.4 Å². The Labute approximate surface area is 119 Å². The van der Waals surface area contributed by atoms with Crippen LogP contribution in [0, 0.1) is 0 Å². The first-order valence-electron chi connectivity index (χ1n) is 7.36. The van der Waals surface area contributed by atoms with E-state index in [0.29, 0.717) is 13.0 Å². The van der Waals surface area contributed by atoms with Crippen LogP contribution in [-0.2, 0) is 23.9 Å². The average molecular weight is 285 g/mol. The maximum absolute atomic E-state index is 11.6. The Kier molecular flexibility index (Phi) is 6.29. The first kappa shape index (κ1) is 15.3. The van der Waals surface area contributed by atoms with Gasteiger partial charge in [-0.3, -0.25) is 4.79 Å². The first-order valence-corrected chi connectivity index (χ1v) is 7.36. The number of hydroxylamine groups is 2. The lowest BCUT2D eigenvalue weighted by molar-refractivity contribution is -0.329. The van der Waals surface area contributed by atoms with E-state index in [2.05, 4.69) is 0 Å². The zero-order chi connectivity index (χ0) is 14.2. The highest BCUT2D eigenvalue weighted by Gasteiger charge is 2.28. The third kappa shape index (κ3) is 4.77. The minimum Gasteiger partial charge on any atom is -0.379 e. The molecule has 20 heavy (non-hydrogen) atoms. The van der Waals surface area contributed by atoms with E-state index in [1.807, 2.05) is 6.92 Å². The molecule has 2 aliphatic rings. The monoisotopic (exact) mass is 285 g/mol. The summed E-state index contributed by atoms with van der Waals surface area (Å²) in [5.74, 6) is -0.283. The van der Waals surface area contributed by atoms with Crippen LogP contribution < -0.4 is 0 Å². The van der Waals surface area contributed by atoms with E-state index < -0.39 is 0 Å². The van der Waals surface area contributed by atoms with Crippen molar-refractivity contribution in [1.29, 1.82) is 0 Å². The van der Waals surface area contributed by atoms with Crippen molar-refractivity contribution < 1.29 is 23.9 Å². The SMILES string of the molecule is CCCCC(=O)ON1OC=CC1COC1CCCCO1. The van der Waals surface area contributed by atoms with Crippen molar-refractivity contribution in [3.8, 4) is 0 Å². The summed E-state index contributed by atoms with van der Waals surface area (Å²) in [5, 5.41) is 1.20. The summed E-state index contributed by atoms with van der Waals surface area (Å²) in [7, 11) is 0. The van der Waals surface area contributed by atoms with Gasteiger partial charge in [0.05, 0.1) is 6.61 Å². The molecule has 0 aromatic rings. The summed E-state index contributed by atoms with van der Waals surface area (Å²) in [6.45, 7) is 3.15. The number of nitrogens with zero attached hydrogens (tertiary/aromatic N) is 1. The molecular weight excluding hydrogens is 262 g/mol. The van der Waals surface area contributed by atoms with Crippen molar-refractivity contribution in [2.75, 3.05) is 13.2 Å². The molecule has 6 heteroatoms. The van der Waals surface area contributed by atoms with Gasteiger partial charge in [-0.25, -0.2) is 0 Å². The van der Waals surface area contributed by atoms with Crippen LogP contribution in [-0.4, -0.2) is 36.7 Å². The van der Waals surface area contributed by atoms with Crippen molar-refractivity contribution in [1.82, 2.24) is 5.23 Å². The Balaban J connectivity index is 1.69. The fraction of sp³-hybridized carbons (Fsp3) is 0.786. The molecule has 1 saturated heterocycles. The zero-order valence-electron chi connectivity index (χ0n) is 12.0. The van der Waals surface area contributed by atoms with Crippen LogP contribution in [0.5, 0.6) is 0 Å². The summed E-state index contributed by atoms with van der Waals surface area (Å²) >= 11 is 0. The molecule has 114 valence electrons. The molecular formula is C14H23NO5. The number of carbonyl (C=O) groups excluding carboxylic acids is 1. The van der Waals surface area contributed by atoms with E-state index in [-0.39, 0.29) is 18.3 Å². The highest BCUT2D eigenvalue weighted by atomic mass is 17.0. The van der Waals surface area contributed by atoms with Crippen molar-refractivity contribution >= 4 is 5.97 Å². The van der Waals surface area contributed by atoms with Gasteiger partial charge in [0.1, 0.15) is 12.3 Å². The van der Waals surface area contributed by atoms with Crippen LogP contribution >= 0.6 is 0 Å². The Hall–Kier alpha value is -1.11. The normalized spacial score (nSPS) is 26.4. The van der Waals surface area contributed by atoms with E-state index in [1.165, 1.54) is 11.5 Å². The predicted molar refractivity (Wildman–Crippen MR) is 71.0 cm³/mol. The topological polar surface area (TPSA) is 57.2 Å². The van der Waals surface area contributed by atoms with Gasteiger partial charge in [0.15, 0.2) is 6.29 Å². The predicted octanol–water partition coefficient (Wildman–Crippen LogP) is 2.31. The van der Waals surface area contributed by atoms with Crippen molar-refractivity contribution in [3.63, 3.8) is 0 Å². The zero-order valence-corrected chi connectivity index (χ0v) is 12.0. The second-order valence-electron chi connectivity index (χ2n) is 4.98. The molecule has 0 aliphatic carbocycles. The fourth-order valence-electron chi connectivity index (χ4n) is 2.06. The van der Waals surface area contributed by atoms with Crippen LogP contribution in [0.4, 0.5) is 0 Å². The van der Waals surface area contributed by atoms with Gasteiger partial charge in [-0.2, -0.15) is 0 Å². The minimum absolute atomic E-state index is 0.157. The lowest BCUT2D eigenvalue weighted by Gasteiger charge is -2.25. The third-order valence-corrected chi connectivity index (χ3v) is 3.25. The molecule has 6 nitrogen and oxygen atoms in total. The number of hydrogen-bond donors (Lipinski definition) is 0. The highest BCUT2D eigenvalue weighted by Crippen LogP contribution is 2.18. The summed E-state index contributed by atoms with van der Waals surface area (Å²) in [5.41, 5.74) is 0. The van der Waals surface area contributed by atoms with Crippen LogP contribution in [0.3, 0.4) is 0 Å². The van der Waals surface area contributed by atoms with Gasteiger partial charge >= 0.3 is 5.97 Å². The quantitative estimate of drug-likeness (QED) is 0.715. The molecule has 2 unspecified atom stereocenters. The minimum atomic E-state index is -0.283. The van der Waals surface area contributed by atoms with E-state index in [9.17, 15) is 4.79 Å². The van der Waals surface area contributed by atoms with E-state index in [4.69, 9.17) is 19.1 Å². The molecule has 0 aromatic carbocycles. The van der Waals surface area contributed by atoms with Gasteiger partial charge in [-0.15, -0.1) is 0 Å². The molecule has 0 saturated carbocycles. The van der Waals surface area contributed by atoms with E-state index in [0.717, 1.165) is 38.7 Å². The Morgan fingerprint density at radius 3 is 3.10 bits per heavy atom. The summed E-state index contributed by atoms with van der Waals surface area (Å²) in [6, 6.07) is -0.217. The fourth-order valence-corrected chi connectivity index (χ4v) is 2.06. The van der Waals surface area contributed by atoms with Crippen molar-refractivity contribution in [2.24, 2.45) is 0 Å². The molecule has 0 N–H and O–H groups in total. The number of hydrogen-bond acceptors (Lipinski definition) is 6. The van der Waals surface area contributed by atoms with E-state index in [1.54, 1.807) is 6.08 Å². The van der Waals surface area contributed by atoms with Crippen LogP contribution in [0.2, 0.25) is 0 Å². The smallest absolute Gasteiger partial charge is 0.329 e. The van der Waals surface area contributed by atoms with Crippen molar-refractivity contribution in [2.45, 2.75) is 57.8 Å². The average Bonchev–Trinajstić information content (AvgIpc) is 2.91. The lowest BCUT2D eigenvalue weighted by atomic mass is 10.2. The molecule has 2 heterocycles. The molecule has 2 rings (SSSR count). The number of unbranched alkanes of at least 4 members (excludes halogenated alkanes) is 1. The summed E-state index contributed by atoms with van der Waals surface area (Å²) in [4.78, 5) is 21.9. The molecule has 2 atom stereocenters. The van der Waals surface area contributed by atoms with Crippen LogP contribution in [0.15, 0.2) is 12.3 Å². The van der Waals surface area contributed by atoms with Crippen molar-refractivity contribution in [3.05, 3.63) is 12.3 Å². The molecule has 0 aromatic heterocycles. The van der Waals surface area contributed by atoms with E-state index >= 15 is 0 Å². The third-order valence-electron chi connectivity index (χ3n) is 3.25. The number of rotatable bonds is 7. The van der Waals surface area contributed by atoms with Gasteiger partial charge in [0.2, 0.25) is 0 Å². The van der Waals surface area contributed by atoms with Gasteiger partial charge in [-0.05, 0) is 31.8 Å². The Morgan fingerprint density at radius 1 is 1.45 bits per heavy atom. The highest BCUT2D eigenvalue weighted by molar-refractivity contribution is 5.68. The molecule has 0 spiro atoms. The standard InChI is InChI=1S/C14H23NO5/c1-2-3-6-13(16)20-15-12(8-10-19-15)11-18-14-7-4-5-9-17-14/h8,10,12,14H,2-7,9,11H2,1H3. The molecule has 1 fully saturated rings. The van der Waals surface area contributed by atoms with Gasteiger partial charge in [0, 0.05) is 18.3 Å². The first-order chi connectivity index (χ1) is 9.79. The van der Waals surface area contributed by atoms with Gasteiger partial charge in [0.25, 0.3) is 0 Å². The molecule has 0 radical (unpaired) electrons. The molecule has 0 bridgehead atoms. The summed E-state index contributed by atoms with van der Waals surface area (Å²) in [6.07, 6.45) is 8.44. The van der Waals surface area contributed by atoms with Crippen LogP contribution in [0.25, 0.3) is 0 Å². The second kappa shape index (κ2) is 8.24. The molecule has 0 amide bonds. The maximum Gasteiger partial charge on any atom is 0.329 e.